The van der Waals surface area contributed by atoms with Crippen molar-refractivity contribution in [2.75, 3.05) is 11.1 Å². The molecule has 5 heteroatoms. The highest BCUT2D eigenvalue weighted by atomic mass is 16.1. The number of nitrogen functional groups attached to an aromatic ring is 1. The van der Waals surface area contributed by atoms with Crippen LogP contribution in [0.25, 0.3) is 0 Å². The van der Waals surface area contributed by atoms with Gasteiger partial charge in [0.05, 0.1) is 6.04 Å². The summed E-state index contributed by atoms with van der Waals surface area (Å²) in [6.07, 6.45) is 3.03. The number of hydrogen-bond donors (Lipinski definition) is 3. The molecule has 0 aliphatic rings. The summed E-state index contributed by atoms with van der Waals surface area (Å²) < 4.78 is 0. The van der Waals surface area contributed by atoms with Crippen molar-refractivity contribution in [2.45, 2.75) is 13.0 Å². The largest absolute Gasteiger partial charge is 0.398 e. The molecule has 1 unspecified atom stereocenters. The molecule has 0 radical (unpaired) electrons. The molecule has 5 nitrogen and oxygen atoms in total. The molecule has 0 bridgehead atoms. The lowest BCUT2D eigenvalue weighted by molar-refractivity contribution is 0.869. The first kappa shape index (κ1) is 11.2. The third-order valence-electron chi connectivity index (χ3n) is 2.52. The zero-order valence-corrected chi connectivity index (χ0v) is 9.47. The van der Waals surface area contributed by atoms with E-state index >= 15 is 0 Å². The molecule has 17 heavy (non-hydrogen) atoms. The lowest BCUT2D eigenvalue weighted by Crippen LogP contribution is -2.18. The van der Waals surface area contributed by atoms with Crippen LogP contribution in [0.4, 0.5) is 11.5 Å². The quantitative estimate of drug-likeness (QED) is 0.698. The summed E-state index contributed by atoms with van der Waals surface area (Å²) in [4.78, 5) is 18.0. The average Bonchev–Trinajstić information content (AvgIpc) is 2.32. The number of benzene rings is 1. The Hall–Kier alpha value is -2.30. The van der Waals surface area contributed by atoms with Crippen molar-refractivity contribution in [1.82, 2.24) is 9.97 Å². The zero-order chi connectivity index (χ0) is 12.3. The Bertz CT molecular complexity index is 564. The molecule has 2 aromatic rings. The predicted molar refractivity (Wildman–Crippen MR) is 67.7 cm³/mol. The Kier molecular flexibility index (Phi) is 3.09. The number of rotatable bonds is 3. The van der Waals surface area contributed by atoms with Crippen LogP contribution >= 0.6 is 0 Å². The smallest absolute Gasteiger partial charge is 0.290 e. The third-order valence-corrected chi connectivity index (χ3v) is 2.52. The van der Waals surface area contributed by atoms with E-state index in [1.54, 1.807) is 0 Å². The molecule has 1 atom stereocenters. The first-order valence-corrected chi connectivity index (χ1v) is 5.33. The van der Waals surface area contributed by atoms with Crippen molar-refractivity contribution >= 4 is 11.5 Å². The minimum atomic E-state index is -0.242. The van der Waals surface area contributed by atoms with Crippen molar-refractivity contribution in [3.8, 4) is 0 Å². The van der Waals surface area contributed by atoms with Crippen LogP contribution < -0.4 is 16.6 Å². The highest BCUT2D eigenvalue weighted by molar-refractivity contribution is 5.50. The maximum Gasteiger partial charge on any atom is 0.290 e. The van der Waals surface area contributed by atoms with Crippen LogP contribution in [-0.2, 0) is 0 Å². The number of hydrogen-bond acceptors (Lipinski definition) is 4. The van der Waals surface area contributed by atoms with Crippen LogP contribution in [0.3, 0.4) is 0 Å². The van der Waals surface area contributed by atoms with Crippen LogP contribution in [0.15, 0.2) is 41.5 Å². The van der Waals surface area contributed by atoms with Gasteiger partial charge in [0.1, 0.15) is 0 Å². The number of aromatic nitrogens is 2. The van der Waals surface area contributed by atoms with Crippen molar-refractivity contribution in [1.29, 1.82) is 0 Å². The minimum Gasteiger partial charge on any atom is -0.398 e. The second-order valence-corrected chi connectivity index (χ2v) is 3.76. The number of nitrogens with one attached hydrogen (secondary N) is 2. The maximum atomic E-state index is 11.5. The molecule has 4 N–H and O–H groups in total. The number of anilines is 2. The van der Waals surface area contributed by atoms with E-state index in [0.29, 0.717) is 11.5 Å². The lowest BCUT2D eigenvalue weighted by Gasteiger charge is -2.15. The standard InChI is InChI=1S/C12H14N4O/c1-8(9-4-2-3-5-10(9)13)16-11-12(17)15-7-6-14-11/h2-8H,13H2,1H3,(H,14,16)(H,15,17). The fourth-order valence-corrected chi connectivity index (χ4v) is 1.64. The molecular weight excluding hydrogens is 216 g/mol. The number of nitrogens with two attached hydrogens (primary N) is 1. The van der Waals surface area contributed by atoms with Crippen LogP contribution in [-0.4, -0.2) is 9.97 Å². The number of H-pyrrole nitrogens is 1. The van der Waals surface area contributed by atoms with Gasteiger partial charge >= 0.3 is 0 Å². The fourth-order valence-electron chi connectivity index (χ4n) is 1.64. The molecular formula is C12H14N4O. The molecule has 0 fully saturated rings. The van der Waals surface area contributed by atoms with Crippen molar-refractivity contribution < 1.29 is 0 Å². The highest BCUT2D eigenvalue weighted by Crippen LogP contribution is 2.21. The summed E-state index contributed by atoms with van der Waals surface area (Å²) in [6, 6.07) is 7.46. The molecule has 88 valence electrons. The molecule has 1 heterocycles. The van der Waals surface area contributed by atoms with E-state index in [4.69, 9.17) is 5.73 Å². The van der Waals surface area contributed by atoms with E-state index in [2.05, 4.69) is 15.3 Å². The zero-order valence-electron chi connectivity index (χ0n) is 9.47. The summed E-state index contributed by atoms with van der Waals surface area (Å²) in [5.74, 6) is 0.295. The van der Waals surface area contributed by atoms with Gasteiger partial charge in [-0.15, -0.1) is 0 Å². The predicted octanol–water partition coefficient (Wildman–Crippen LogP) is 1.53. The first-order chi connectivity index (χ1) is 8.18. The van der Waals surface area contributed by atoms with E-state index in [-0.39, 0.29) is 11.6 Å². The van der Waals surface area contributed by atoms with Gasteiger partial charge < -0.3 is 16.0 Å². The molecule has 0 amide bonds. The van der Waals surface area contributed by atoms with Gasteiger partial charge in [0.2, 0.25) is 0 Å². The Labute approximate surface area is 98.7 Å². The number of nitrogens with zero attached hydrogens (tertiary/aromatic N) is 1. The van der Waals surface area contributed by atoms with Crippen LogP contribution in [0.1, 0.15) is 18.5 Å². The summed E-state index contributed by atoms with van der Waals surface area (Å²) in [7, 11) is 0. The first-order valence-electron chi connectivity index (χ1n) is 5.33. The molecule has 0 saturated heterocycles. The van der Waals surface area contributed by atoms with E-state index < -0.39 is 0 Å². The highest BCUT2D eigenvalue weighted by Gasteiger charge is 2.10. The van der Waals surface area contributed by atoms with Crippen molar-refractivity contribution in [3.05, 3.63) is 52.6 Å². The molecule has 0 spiro atoms. The maximum absolute atomic E-state index is 11.5. The van der Waals surface area contributed by atoms with Gasteiger partial charge in [-0.3, -0.25) is 4.79 Å². The number of aromatic amines is 1. The summed E-state index contributed by atoms with van der Waals surface area (Å²) >= 11 is 0. The Balaban J connectivity index is 2.23. The Morgan fingerprint density at radius 3 is 2.88 bits per heavy atom. The Morgan fingerprint density at radius 2 is 2.18 bits per heavy atom. The van der Waals surface area contributed by atoms with Gasteiger partial charge in [0.25, 0.3) is 5.56 Å². The normalized spacial score (nSPS) is 12.1. The monoisotopic (exact) mass is 230 g/mol. The van der Waals surface area contributed by atoms with Gasteiger partial charge in [0.15, 0.2) is 5.82 Å². The Morgan fingerprint density at radius 1 is 1.41 bits per heavy atom. The molecule has 1 aromatic heterocycles. The summed E-state index contributed by atoms with van der Waals surface area (Å²) in [5.41, 5.74) is 7.26. The topological polar surface area (TPSA) is 83.8 Å². The second kappa shape index (κ2) is 4.69. The van der Waals surface area contributed by atoms with Crippen molar-refractivity contribution in [2.24, 2.45) is 0 Å². The van der Waals surface area contributed by atoms with Gasteiger partial charge in [-0.25, -0.2) is 4.98 Å². The average molecular weight is 230 g/mol. The summed E-state index contributed by atoms with van der Waals surface area (Å²) in [6.45, 7) is 1.93. The van der Waals surface area contributed by atoms with Gasteiger partial charge in [0, 0.05) is 18.1 Å². The number of para-hydroxylation sites is 1. The minimum absolute atomic E-state index is 0.0767. The SMILES string of the molecule is CC(Nc1ncc[nH]c1=O)c1ccccc1N. The van der Waals surface area contributed by atoms with Crippen LogP contribution in [0, 0.1) is 0 Å². The summed E-state index contributed by atoms with van der Waals surface area (Å²) in [5, 5.41) is 3.03. The second-order valence-electron chi connectivity index (χ2n) is 3.76. The van der Waals surface area contributed by atoms with E-state index in [9.17, 15) is 4.79 Å². The van der Waals surface area contributed by atoms with E-state index in [1.807, 2.05) is 31.2 Å². The molecule has 0 aliphatic carbocycles. The van der Waals surface area contributed by atoms with Crippen molar-refractivity contribution in [3.63, 3.8) is 0 Å². The van der Waals surface area contributed by atoms with E-state index in [1.165, 1.54) is 12.4 Å². The van der Waals surface area contributed by atoms with E-state index in [0.717, 1.165) is 5.56 Å². The van der Waals surface area contributed by atoms with Gasteiger partial charge in [-0.1, -0.05) is 18.2 Å². The molecule has 0 saturated carbocycles. The third kappa shape index (κ3) is 2.44. The van der Waals surface area contributed by atoms with Crippen LogP contribution in [0.2, 0.25) is 0 Å². The molecule has 2 rings (SSSR count). The van der Waals surface area contributed by atoms with Gasteiger partial charge in [-0.05, 0) is 18.6 Å². The van der Waals surface area contributed by atoms with Gasteiger partial charge in [-0.2, -0.15) is 0 Å². The van der Waals surface area contributed by atoms with Crippen LogP contribution in [0.5, 0.6) is 0 Å². The molecule has 0 aliphatic heterocycles. The lowest BCUT2D eigenvalue weighted by atomic mass is 10.1. The molecule has 1 aromatic carbocycles. The fraction of sp³-hybridized carbons (Fsp3) is 0.167.